The number of likely N-dealkylation sites (tertiary alicyclic amines) is 1. The largest absolute Gasteiger partial charge is 0.369 e. The monoisotopic (exact) mass is 208 g/mol. The van der Waals surface area contributed by atoms with Crippen LogP contribution >= 0.6 is 0 Å². The molecule has 0 radical (unpaired) electrons. The van der Waals surface area contributed by atoms with Gasteiger partial charge >= 0.3 is 0 Å². The number of hydrogen-bond acceptors (Lipinski definition) is 3. The topological polar surface area (TPSA) is 64.2 Å². The van der Waals surface area contributed by atoms with E-state index in [9.17, 15) is 4.79 Å². The van der Waals surface area contributed by atoms with Crippen LogP contribution in [0.3, 0.4) is 0 Å². The number of nitrogens with two attached hydrogens (primary N) is 1. The van der Waals surface area contributed by atoms with E-state index in [0.29, 0.717) is 5.95 Å². The summed E-state index contributed by atoms with van der Waals surface area (Å²) in [5.74, 6) is 0.534. The van der Waals surface area contributed by atoms with Crippen molar-refractivity contribution in [1.29, 1.82) is 0 Å². The maximum absolute atomic E-state index is 12.0. The summed E-state index contributed by atoms with van der Waals surface area (Å²) in [7, 11) is 0. The first-order chi connectivity index (χ1) is 7.20. The molecule has 2 rings (SSSR count). The van der Waals surface area contributed by atoms with E-state index in [0.717, 1.165) is 25.9 Å². The molecule has 1 aliphatic heterocycles. The number of aromatic nitrogens is 2. The highest BCUT2D eigenvalue weighted by Crippen LogP contribution is 2.17. The molecule has 2 heterocycles. The highest BCUT2D eigenvalue weighted by Gasteiger charge is 2.24. The average molecular weight is 208 g/mol. The molecule has 1 amide bonds. The van der Waals surface area contributed by atoms with Gasteiger partial charge in [-0.3, -0.25) is 4.79 Å². The van der Waals surface area contributed by atoms with E-state index >= 15 is 0 Å². The molecule has 0 bridgehead atoms. The van der Waals surface area contributed by atoms with Crippen molar-refractivity contribution in [2.24, 2.45) is 0 Å². The van der Waals surface area contributed by atoms with E-state index in [1.165, 1.54) is 0 Å². The Labute approximate surface area is 88.9 Å². The average Bonchev–Trinajstić information content (AvgIpc) is 2.85. The molecule has 2 N–H and O–H groups in total. The zero-order valence-electron chi connectivity index (χ0n) is 8.89. The van der Waals surface area contributed by atoms with Gasteiger partial charge in [-0.25, -0.2) is 4.98 Å². The second kappa shape index (κ2) is 3.92. The molecule has 5 nitrogen and oxygen atoms in total. The van der Waals surface area contributed by atoms with E-state index < -0.39 is 0 Å². The summed E-state index contributed by atoms with van der Waals surface area (Å²) in [6.07, 6.45) is 5.58. The maximum Gasteiger partial charge on any atom is 0.245 e. The van der Waals surface area contributed by atoms with Gasteiger partial charge in [0.15, 0.2) is 0 Å². The van der Waals surface area contributed by atoms with Crippen molar-refractivity contribution < 1.29 is 4.79 Å². The fraction of sp³-hybridized carbons (Fsp3) is 0.600. The van der Waals surface area contributed by atoms with Crippen molar-refractivity contribution in [3.63, 3.8) is 0 Å². The smallest absolute Gasteiger partial charge is 0.245 e. The van der Waals surface area contributed by atoms with Crippen LogP contribution in [0.1, 0.15) is 25.8 Å². The second-order valence-electron chi connectivity index (χ2n) is 3.90. The Kier molecular flexibility index (Phi) is 2.62. The first kappa shape index (κ1) is 10.0. The lowest BCUT2D eigenvalue weighted by Gasteiger charge is -2.21. The van der Waals surface area contributed by atoms with Gasteiger partial charge in [0.2, 0.25) is 11.9 Å². The van der Waals surface area contributed by atoms with Crippen molar-refractivity contribution in [3.8, 4) is 0 Å². The SMILES string of the molecule is CC(C(=O)N1CCCC1)n1ccnc1N. The molecule has 1 unspecified atom stereocenters. The van der Waals surface area contributed by atoms with Crippen LogP contribution in [0.15, 0.2) is 12.4 Å². The van der Waals surface area contributed by atoms with Crippen molar-refractivity contribution in [3.05, 3.63) is 12.4 Å². The number of carbonyl (C=O) groups excluding carboxylic acids is 1. The van der Waals surface area contributed by atoms with Crippen LogP contribution in [0, 0.1) is 0 Å². The lowest BCUT2D eigenvalue weighted by Crippen LogP contribution is -2.34. The Balaban J connectivity index is 2.10. The summed E-state index contributed by atoms with van der Waals surface area (Å²) >= 11 is 0. The highest BCUT2D eigenvalue weighted by atomic mass is 16.2. The Morgan fingerprint density at radius 1 is 1.53 bits per heavy atom. The molecule has 0 aromatic carbocycles. The summed E-state index contributed by atoms with van der Waals surface area (Å²) in [6, 6.07) is -0.245. The van der Waals surface area contributed by atoms with Crippen LogP contribution in [-0.4, -0.2) is 33.4 Å². The number of amides is 1. The number of nitrogens with zero attached hydrogens (tertiary/aromatic N) is 3. The molecule has 1 aliphatic rings. The molecule has 5 heteroatoms. The molecule has 1 saturated heterocycles. The number of hydrogen-bond donors (Lipinski definition) is 1. The van der Waals surface area contributed by atoms with Crippen LogP contribution in [0.4, 0.5) is 5.95 Å². The molecule has 82 valence electrons. The fourth-order valence-corrected chi connectivity index (χ4v) is 1.97. The zero-order valence-corrected chi connectivity index (χ0v) is 8.89. The number of imidazole rings is 1. The summed E-state index contributed by atoms with van der Waals surface area (Å²) in [5, 5.41) is 0. The van der Waals surface area contributed by atoms with E-state index in [4.69, 9.17) is 5.73 Å². The summed E-state index contributed by atoms with van der Waals surface area (Å²) in [5.41, 5.74) is 5.66. The Morgan fingerprint density at radius 3 is 2.73 bits per heavy atom. The molecular formula is C10H16N4O. The minimum atomic E-state index is -0.245. The third-order valence-corrected chi connectivity index (χ3v) is 2.89. The zero-order chi connectivity index (χ0) is 10.8. The molecule has 0 aliphatic carbocycles. The van der Waals surface area contributed by atoms with Crippen LogP contribution in [0.2, 0.25) is 0 Å². The molecule has 1 fully saturated rings. The third-order valence-electron chi connectivity index (χ3n) is 2.89. The van der Waals surface area contributed by atoms with Gasteiger partial charge in [-0.2, -0.15) is 0 Å². The van der Waals surface area contributed by atoms with Crippen LogP contribution in [0.5, 0.6) is 0 Å². The highest BCUT2D eigenvalue weighted by molar-refractivity contribution is 5.80. The van der Waals surface area contributed by atoms with Gasteiger partial charge in [0, 0.05) is 25.5 Å². The normalized spacial score (nSPS) is 18.1. The predicted octanol–water partition coefficient (Wildman–Crippen LogP) is 0.649. The number of nitrogen functional groups attached to an aromatic ring is 1. The molecule has 0 spiro atoms. The summed E-state index contributed by atoms with van der Waals surface area (Å²) < 4.78 is 1.71. The quantitative estimate of drug-likeness (QED) is 0.776. The minimum Gasteiger partial charge on any atom is -0.369 e. The Hall–Kier alpha value is -1.52. The molecule has 0 saturated carbocycles. The van der Waals surface area contributed by atoms with E-state index in [2.05, 4.69) is 4.98 Å². The van der Waals surface area contributed by atoms with Crippen molar-refractivity contribution in [1.82, 2.24) is 14.5 Å². The first-order valence-electron chi connectivity index (χ1n) is 5.27. The van der Waals surface area contributed by atoms with E-state index in [-0.39, 0.29) is 11.9 Å². The number of carbonyl (C=O) groups is 1. The van der Waals surface area contributed by atoms with Crippen LogP contribution in [0.25, 0.3) is 0 Å². The lowest BCUT2D eigenvalue weighted by atomic mass is 10.3. The van der Waals surface area contributed by atoms with E-state index in [1.54, 1.807) is 17.0 Å². The van der Waals surface area contributed by atoms with Gasteiger partial charge in [-0.1, -0.05) is 0 Å². The summed E-state index contributed by atoms with van der Waals surface area (Å²) in [6.45, 7) is 3.61. The standard InChI is InChI=1S/C10H16N4O/c1-8(14-7-4-12-10(14)11)9(15)13-5-2-3-6-13/h4,7-8H,2-3,5-6H2,1H3,(H2,11,12). The van der Waals surface area contributed by atoms with Gasteiger partial charge in [-0.05, 0) is 19.8 Å². The maximum atomic E-state index is 12.0. The summed E-state index contributed by atoms with van der Waals surface area (Å²) in [4.78, 5) is 17.8. The van der Waals surface area contributed by atoms with Gasteiger partial charge in [0.1, 0.15) is 6.04 Å². The molecule has 15 heavy (non-hydrogen) atoms. The second-order valence-corrected chi connectivity index (χ2v) is 3.90. The van der Waals surface area contributed by atoms with Gasteiger partial charge < -0.3 is 15.2 Å². The molecule has 1 aromatic heterocycles. The number of rotatable bonds is 2. The van der Waals surface area contributed by atoms with Crippen molar-refractivity contribution in [2.45, 2.75) is 25.8 Å². The van der Waals surface area contributed by atoms with Crippen molar-refractivity contribution >= 4 is 11.9 Å². The van der Waals surface area contributed by atoms with Crippen LogP contribution in [-0.2, 0) is 4.79 Å². The molecule has 1 aromatic rings. The van der Waals surface area contributed by atoms with Gasteiger partial charge in [-0.15, -0.1) is 0 Å². The first-order valence-corrected chi connectivity index (χ1v) is 5.27. The Bertz CT molecular complexity index is 354. The number of anilines is 1. The fourth-order valence-electron chi connectivity index (χ4n) is 1.97. The van der Waals surface area contributed by atoms with Crippen LogP contribution < -0.4 is 5.73 Å². The van der Waals surface area contributed by atoms with Gasteiger partial charge in [0.25, 0.3) is 0 Å². The van der Waals surface area contributed by atoms with E-state index in [1.807, 2.05) is 11.8 Å². The predicted molar refractivity (Wildman–Crippen MR) is 57.2 cm³/mol. The third kappa shape index (κ3) is 1.82. The molecular weight excluding hydrogens is 192 g/mol. The minimum absolute atomic E-state index is 0.136. The Morgan fingerprint density at radius 2 is 2.20 bits per heavy atom. The molecule has 1 atom stereocenters. The van der Waals surface area contributed by atoms with Gasteiger partial charge in [0.05, 0.1) is 0 Å². The van der Waals surface area contributed by atoms with Crippen molar-refractivity contribution in [2.75, 3.05) is 18.8 Å². The lowest BCUT2D eigenvalue weighted by molar-refractivity contribution is -0.133.